The molecule has 0 unspecified atom stereocenters. The van der Waals surface area contributed by atoms with Crippen LogP contribution >= 0.6 is 11.3 Å². The highest BCUT2D eigenvalue weighted by molar-refractivity contribution is 7.17. The third-order valence-electron chi connectivity index (χ3n) is 6.11. The summed E-state index contributed by atoms with van der Waals surface area (Å²) in [5, 5.41) is 3.05. The second kappa shape index (κ2) is 9.82. The Bertz CT molecular complexity index is 1150. The third-order valence-corrected chi connectivity index (χ3v) is 7.24. The van der Waals surface area contributed by atoms with Gasteiger partial charge < -0.3 is 14.8 Å². The van der Waals surface area contributed by atoms with E-state index in [0.717, 1.165) is 33.7 Å². The maximum absolute atomic E-state index is 12.8. The lowest BCUT2D eigenvalue weighted by molar-refractivity contribution is -0.271. The zero-order valence-electron chi connectivity index (χ0n) is 20.1. The van der Waals surface area contributed by atoms with Gasteiger partial charge in [0.2, 0.25) is 11.7 Å². The summed E-state index contributed by atoms with van der Waals surface area (Å²) in [5.74, 6) is -0.670. The predicted octanol–water partition coefficient (Wildman–Crippen LogP) is 5.54. The molecule has 0 radical (unpaired) electrons. The lowest BCUT2D eigenvalue weighted by Gasteiger charge is -2.43. The zero-order valence-corrected chi connectivity index (χ0v) is 21.0. The first-order valence-electron chi connectivity index (χ1n) is 11.5. The van der Waals surface area contributed by atoms with Gasteiger partial charge in [-0.15, -0.1) is 11.3 Å². The maximum Gasteiger partial charge on any atom is 0.217 e. The van der Waals surface area contributed by atoms with Gasteiger partial charge in [0, 0.05) is 17.4 Å². The Kier molecular flexibility index (Phi) is 7.03. The number of hydrogen-bond donors (Lipinski definition) is 1. The van der Waals surface area contributed by atoms with Gasteiger partial charge in [0.05, 0.1) is 23.6 Å². The van der Waals surface area contributed by atoms with Crippen molar-refractivity contribution in [1.29, 1.82) is 0 Å². The van der Waals surface area contributed by atoms with Crippen LogP contribution in [0.4, 0.5) is 0 Å². The van der Waals surface area contributed by atoms with Gasteiger partial charge in [0.1, 0.15) is 0 Å². The summed E-state index contributed by atoms with van der Waals surface area (Å²) in [6.07, 6.45) is 1.51. The quantitative estimate of drug-likeness (QED) is 0.454. The van der Waals surface area contributed by atoms with Gasteiger partial charge in [-0.25, -0.2) is 0 Å². The van der Waals surface area contributed by atoms with Crippen LogP contribution in [0, 0.1) is 6.92 Å². The fourth-order valence-corrected chi connectivity index (χ4v) is 5.01. The van der Waals surface area contributed by atoms with E-state index < -0.39 is 11.3 Å². The van der Waals surface area contributed by atoms with Crippen LogP contribution in [0.3, 0.4) is 0 Å². The van der Waals surface area contributed by atoms with Crippen molar-refractivity contribution in [3.8, 4) is 10.4 Å². The minimum absolute atomic E-state index is 0.0521. The van der Waals surface area contributed by atoms with E-state index in [1.165, 1.54) is 23.8 Å². The predicted molar refractivity (Wildman–Crippen MR) is 135 cm³/mol. The standard InChI is InChI=1S/C28H31NO4S/c1-19-5-9-23(10-6-19)26(31)25-14-13-24(34-25)22-11-7-21(8-12-22)15-16-28(29-20(2)30)17-32-27(3,4)33-18-28/h5-14H,15-18H2,1-4H3,(H,29,30). The maximum atomic E-state index is 12.8. The lowest BCUT2D eigenvalue weighted by atomic mass is 9.91. The van der Waals surface area contributed by atoms with E-state index in [-0.39, 0.29) is 11.7 Å². The molecule has 0 atom stereocenters. The molecule has 34 heavy (non-hydrogen) atoms. The number of ether oxygens (including phenoxy) is 2. The van der Waals surface area contributed by atoms with Crippen molar-refractivity contribution < 1.29 is 19.1 Å². The molecule has 0 spiro atoms. The average molecular weight is 478 g/mol. The summed E-state index contributed by atoms with van der Waals surface area (Å²) in [5.41, 5.74) is 3.57. The molecule has 1 saturated heterocycles. The number of carbonyl (C=O) groups is 2. The number of rotatable bonds is 7. The van der Waals surface area contributed by atoms with Crippen LogP contribution in [0.15, 0.2) is 60.7 Å². The second-order valence-corrected chi connectivity index (χ2v) is 10.6. The molecule has 0 aliphatic carbocycles. The van der Waals surface area contributed by atoms with Gasteiger partial charge in [-0.3, -0.25) is 9.59 Å². The Labute approximate surface area is 205 Å². The number of aryl methyl sites for hydroxylation is 2. The fraction of sp³-hybridized carbons (Fsp3) is 0.357. The summed E-state index contributed by atoms with van der Waals surface area (Å²) in [4.78, 5) is 26.4. The molecule has 2 heterocycles. The molecule has 1 aliphatic heterocycles. The number of carbonyl (C=O) groups excluding carboxylic acids is 2. The second-order valence-electron chi connectivity index (χ2n) is 9.49. The van der Waals surface area contributed by atoms with Crippen LogP contribution in [0.2, 0.25) is 0 Å². The van der Waals surface area contributed by atoms with Crippen LogP contribution < -0.4 is 5.32 Å². The first-order valence-corrected chi connectivity index (χ1v) is 12.3. The van der Waals surface area contributed by atoms with Gasteiger partial charge in [-0.1, -0.05) is 54.1 Å². The smallest absolute Gasteiger partial charge is 0.217 e. The minimum Gasteiger partial charge on any atom is -0.348 e. The van der Waals surface area contributed by atoms with Gasteiger partial charge in [-0.2, -0.15) is 0 Å². The van der Waals surface area contributed by atoms with Crippen LogP contribution in [-0.4, -0.2) is 36.2 Å². The van der Waals surface area contributed by atoms with E-state index in [9.17, 15) is 9.59 Å². The first-order chi connectivity index (χ1) is 16.1. The average Bonchev–Trinajstić information content (AvgIpc) is 3.30. The summed E-state index contributed by atoms with van der Waals surface area (Å²) in [7, 11) is 0. The van der Waals surface area contributed by atoms with E-state index in [1.54, 1.807) is 0 Å². The molecular weight excluding hydrogens is 446 g/mol. The SMILES string of the molecule is CC(=O)NC1(CCc2ccc(-c3ccc(C(=O)c4ccc(C)cc4)s3)cc2)COC(C)(C)OC1. The topological polar surface area (TPSA) is 64.6 Å². The van der Waals surface area contributed by atoms with Crippen molar-refractivity contribution in [2.75, 3.05) is 13.2 Å². The Morgan fingerprint density at radius 3 is 2.21 bits per heavy atom. The molecule has 4 rings (SSSR count). The number of amides is 1. The van der Waals surface area contributed by atoms with Gasteiger partial charge >= 0.3 is 0 Å². The van der Waals surface area contributed by atoms with Gasteiger partial charge in [0.15, 0.2) is 5.79 Å². The van der Waals surface area contributed by atoms with Crippen molar-refractivity contribution in [3.05, 3.63) is 82.2 Å². The van der Waals surface area contributed by atoms with Crippen molar-refractivity contribution in [2.24, 2.45) is 0 Å². The van der Waals surface area contributed by atoms with Crippen molar-refractivity contribution in [1.82, 2.24) is 5.32 Å². The van der Waals surface area contributed by atoms with Gasteiger partial charge in [0.25, 0.3) is 0 Å². The summed E-state index contributed by atoms with van der Waals surface area (Å²) >= 11 is 1.51. The van der Waals surface area contributed by atoms with Crippen molar-refractivity contribution in [2.45, 2.75) is 51.9 Å². The van der Waals surface area contributed by atoms with Crippen molar-refractivity contribution in [3.63, 3.8) is 0 Å². The molecule has 1 aliphatic rings. The molecule has 2 aromatic carbocycles. The Morgan fingerprint density at radius 2 is 1.59 bits per heavy atom. The molecule has 1 aromatic heterocycles. The van der Waals surface area contributed by atoms with Crippen molar-refractivity contribution >= 4 is 23.0 Å². The summed E-state index contributed by atoms with van der Waals surface area (Å²) < 4.78 is 11.7. The molecule has 1 amide bonds. The largest absolute Gasteiger partial charge is 0.348 e. The molecule has 1 N–H and O–H groups in total. The van der Waals surface area contributed by atoms with Crippen LogP contribution in [-0.2, 0) is 20.7 Å². The van der Waals surface area contributed by atoms with E-state index in [2.05, 4.69) is 29.6 Å². The third kappa shape index (κ3) is 5.81. The van der Waals surface area contributed by atoms with E-state index in [1.807, 2.05) is 57.2 Å². The molecule has 0 saturated carbocycles. The molecule has 1 fully saturated rings. The van der Waals surface area contributed by atoms with Crippen LogP contribution in [0.5, 0.6) is 0 Å². The van der Waals surface area contributed by atoms with Crippen LogP contribution in [0.25, 0.3) is 10.4 Å². The molecule has 6 heteroatoms. The normalized spacial score (nSPS) is 16.7. The first kappa shape index (κ1) is 24.3. The zero-order chi connectivity index (χ0) is 24.3. The highest BCUT2D eigenvalue weighted by Gasteiger charge is 2.40. The minimum atomic E-state index is -0.635. The Hall–Kier alpha value is -2.80. The Morgan fingerprint density at radius 1 is 0.941 bits per heavy atom. The Balaban J connectivity index is 1.42. The molecular formula is C28H31NO4S. The van der Waals surface area contributed by atoms with E-state index in [0.29, 0.717) is 18.8 Å². The molecule has 5 nitrogen and oxygen atoms in total. The summed E-state index contributed by atoms with van der Waals surface area (Å²) in [6, 6.07) is 20.0. The molecule has 178 valence electrons. The number of ketones is 1. The molecule has 3 aromatic rings. The monoisotopic (exact) mass is 477 g/mol. The number of hydrogen-bond acceptors (Lipinski definition) is 5. The lowest BCUT2D eigenvalue weighted by Crippen LogP contribution is -2.60. The van der Waals surface area contributed by atoms with Crippen LogP contribution in [0.1, 0.15) is 53.6 Å². The highest BCUT2D eigenvalue weighted by atomic mass is 32.1. The number of thiophene rings is 1. The van der Waals surface area contributed by atoms with Gasteiger partial charge in [-0.05, 0) is 56.9 Å². The molecule has 0 bridgehead atoms. The van der Waals surface area contributed by atoms with E-state index in [4.69, 9.17) is 9.47 Å². The number of benzene rings is 2. The summed E-state index contributed by atoms with van der Waals surface area (Å²) in [6.45, 7) is 8.14. The number of nitrogens with one attached hydrogen (secondary N) is 1. The highest BCUT2D eigenvalue weighted by Crippen LogP contribution is 2.31. The fourth-order valence-electron chi connectivity index (χ4n) is 4.04. The van der Waals surface area contributed by atoms with E-state index >= 15 is 0 Å².